The summed E-state index contributed by atoms with van der Waals surface area (Å²) in [4.78, 5) is 12.5. The number of benzene rings is 2. The van der Waals surface area contributed by atoms with Gasteiger partial charge in [0.2, 0.25) is 0 Å². The van der Waals surface area contributed by atoms with Crippen molar-refractivity contribution in [2.45, 2.75) is 6.42 Å². The first kappa shape index (κ1) is 15.5. The summed E-state index contributed by atoms with van der Waals surface area (Å²) >= 11 is 5.93. The van der Waals surface area contributed by atoms with Gasteiger partial charge in [-0.3, -0.25) is 4.79 Å². The number of hydrogen-bond donors (Lipinski definition) is 1. The van der Waals surface area contributed by atoms with Gasteiger partial charge in [-0.25, -0.2) is 0 Å². The first-order chi connectivity index (χ1) is 11.2. The summed E-state index contributed by atoms with van der Waals surface area (Å²) in [5.41, 5.74) is 0.980. The predicted octanol–water partition coefficient (Wildman–Crippen LogP) is 3.76. The molecule has 0 radical (unpaired) electrons. The average molecular weight is 334 g/mol. The maximum atomic E-state index is 12.5. The molecule has 1 heterocycles. The minimum absolute atomic E-state index is 0.306. The van der Waals surface area contributed by atoms with Gasteiger partial charge in [-0.2, -0.15) is 0 Å². The van der Waals surface area contributed by atoms with E-state index in [4.69, 9.17) is 25.8 Å². The van der Waals surface area contributed by atoms with Crippen molar-refractivity contribution in [1.82, 2.24) is 0 Å². The monoisotopic (exact) mass is 333 g/mol. The van der Waals surface area contributed by atoms with Crippen molar-refractivity contribution in [3.05, 3.63) is 47.0 Å². The lowest BCUT2D eigenvalue weighted by molar-refractivity contribution is 0.102. The summed E-state index contributed by atoms with van der Waals surface area (Å²) in [5.74, 6) is 1.24. The van der Waals surface area contributed by atoms with Crippen LogP contribution in [0.1, 0.15) is 16.8 Å². The highest BCUT2D eigenvalue weighted by Gasteiger charge is 2.20. The maximum absolute atomic E-state index is 12.5. The highest BCUT2D eigenvalue weighted by atomic mass is 35.5. The third kappa shape index (κ3) is 3.51. The van der Waals surface area contributed by atoms with Crippen LogP contribution in [0, 0.1) is 0 Å². The number of anilines is 1. The Morgan fingerprint density at radius 3 is 2.61 bits per heavy atom. The van der Waals surface area contributed by atoms with Crippen LogP contribution in [0.5, 0.6) is 17.2 Å². The fourth-order valence-electron chi connectivity index (χ4n) is 2.30. The van der Waals surface area contributed by atoms with E-state index in [0.29, 0.717) is 46.7 Å². The van der Waals surface area contributed by atoms with Gasteiger partial charge in [0.25, 0.3) is 5.91 Å². The minimum atomic E-state index is -0.306. The Kier molecular flexibility index (Phi) is 4.57. The Morgan fingerprint density at radius 2 is 1.91 bits per heavy atom. The number of nitrogens with one attached hydrogen (secondary N) is 1. The molecule has 3 rings (SSSR count). The topological polar surface area (TPSA) is 56.8 Å². The molecular weight excluding hydrogens is 318 g/mol. The summed E-state index contributed by atoms with van der Waals surface area (Å²) in [6, 6.07) is 10.3. The van der Waals surface area contributed by atoms with E-state index in [1.54, 1.807) is 36.4 Å². The van der Waals surface area contributed by atoms with Gasteiger partial charge in [0.05, 0.1) is 25.9 Å². The fraction of sp³-hybridized carbons (Fsp3) is 0.235. The molecule has 0 unspecified atom stereocenters. The first-order valence-electron chi connectivity index (χ1n) is 7.22. The number of carbonyl (C=O) groups excluding carboxylic acids is 1. The number of fused-ring (bicyclic) bond motifs is 1. The van der Waals surface area contributed by atoms with E-state index in [-0.39, 0.29) is 5.91 Å². The van der Waals surface area contributed by atoms with Crippen LogP contribution in [0.15, 0.2) is 36.4 Å². The molecule has 0 saturated carbocycles. The van der Waals surface area contributed by atoms with E-state index < -0.39 is 0 Å². The highest BCUT2D eigenvalue weighted by Crippen LogP contribution is 2.36. The number of carbonyl (C=O) groups is 1. The molecule has 0 aliphatic carbocycles. The maximum Gasteiger partial charge on any atom is 0.259 e. The second-order valence-corrected chi connectivity index (χ2v) is 5.45. The second kappa shape index (κ2) is 6.79. The number of ether oxygens (including phenoxy) is 3. The molecule has 0 bridgehead atoms. The fourth-order valence-corrected chi connectivity index (χ4v) is 2.49. The third-order valence-corrected chi connectivity index (χ3v) is 3.63. The molecule has 0 saturated heterocycles. The second-order valence-electron chi connectivity index (χ2n) is 5.01. The van der Waals surface area contributed by atoms with Crippen molar-refractivity contribution in [3.8, 4) is 17.2 Å². The largest absolute Gasteiger partial charge is 0.496 e. The molecule has 0 aromatic heterocycles. The quantitative estimate of drug-likeness (QED) is 0.929. The summed E-state index contributed by atoms with van der Waals surface area (Å²) in [7, 11) is 1.51. The van der Waals surface area contributed by atoms with Gasteiger partial charge in [0.1, 0.15) is 5.75 Å². The van der Waals surface area contributed by atoms with E-state index in [1.165, 1.54) is 7.11 Å². The summed E-state index contributed by atoms with van der Waals surface area (Å²) in [6.45, 7) is 1.12. The van der Waals surface area contributed by atoms with Gasteiger partial charge in [-0.1, -0.05) is 17.7 Å². The van der Waals surface area contributed by atoms with E-state index in [0.717, 1.165) is 6.42 Å². The Labute approximate surface area is 139 Å². The number of rotatable bonds is 3. The van der Waals surface area contributed by atoms with Crippen LogP contribution < -0.4 is 19.5 Å². The van der Waals surface area contributed by atoms with Gasteiger partial charge in [0, 0.05) is 29.3 Å². The zero-order valence-corrected chi connectivity index (χ0v) is 13.4. The van der Waals surface area contributed by atoms with Gasteiger partial charge in [-0.05, 0) is 18.2 Å². The van der Waals surface area contributed by atoms with Gasteiger partial charge in [-0.15, -0.1) is 0 Å². The van der Waals surface area contributed by atoms with Gasteiger partial charge < -0.3 is 19.5 Å². The smallest absolute Gasteiger partial charge is 0.259 e. The molecule has 0 atom stereocenters. The lowest BCUT2D eigenvalue weighted by Crippen LogP contribution is -2.13. The predicted molar refractivity (Wildman–Crippen MR) is 88.0 cm³/mol. The number of hydrogen-bond acceptors (Lipinski definition) is 4. The molecule has 1 amide bonds. The molecule has 1 N–H and O–H groups in total. The molecule has 5 nitrogen and oxygen atoms in total. The van der Waals surface area contributed by atoms with Crippen molar-refractivity contribution < 1.29 is 19.0 Å². The van der Waals surface area contributed by atoms with E-state index in [1.807, 2.05) is 0 Å². The van der Waals surface area contributed by atoms with Crippen LogP contribution in [0.25, 0.3) is 0 Å². The van der Waals surface area contributed by atoms with E-state index in [9.17, 15) is 4.79 Å². The average Bonchev–Trinajstić information content (AvgIpc) is 2.78. The Morgan fingerprint density at radius 1 is 1.17 bits per heavy atom. The lowest BCUT2D eigenvalue weighted by Gasteiger charge is -2.14. The Bertz CT molecular complexity index is 733. The van der Waals surface area contributed by atoms with Crippen LogP contribution in [0.4, 0.5) is 5.69 Å². The highest BCUT2D eigenvalue weighted by molar-refractivity contribution is 6.31. The molecular formula is C17H16ClNO4. The molecule has 120 valence electrons. The normalized spacial score (nSPS) is 13.1. The van der Waals surface area contributed by atoms with Crippen LogP contribution in [-0.2, 0) is 0 Å². The number of amides is 1. The Hall–Kier alpha value is -2.40. The van der Waals surface area contributed by atoms with E-state index >= 15 is 0 Å². The van der Waals surface area contributed by atoms with Crippen LogP contribution >= 0.6 is 11.6 Å². The summed E-state index contributed by atoms with van der Waals surface area (Å²) in [5, 5.41) is 3.35. The zero-order valence-electron chi connectivity index (χ0n) is 12.6. The third-order valence-electron chi connectivity index (χ3n) is 3.40. The molecule has 23 heavy (non-hydrogen) atoms. The van der Waals surface area contributed by atoms with Crippen LogP contribution in [0.3, 0.4) is 0 Å². The van der Waals surface area contributed by atoms with Crippen molar-refractivity contribution in [2.75, 3.05) is 25.6 Å². The van der Waals surface area contributed by atoms with E-state index in [2.05, 4.69) is 5.32 Å². The Balaban J connectivity index is 1.91. The van der Waals surface area contributed by atoms with Crippen LogP contribution in [-0.4, -0.2) is 26.2 Å². The lowest BCUT2D eigenvalue weighted by atomic mass is 10.1. The number of methoxy groups -OCH3 is 1. The zero-order chi connectivity index (χ0) is 16.2. The van der Waals surface area contributed by atoms with Crippen molar-refractivity contribution in [2.24, 2.45) is 0 Å². The molecule has 0 fully saturated rings. The standard InChI is InChI=1S/C17H16ClNO4/c1-21-14-10-16-15(22-6-3-7-23-16)9-13(14)17(20)19-12-5-2-4-11(18)8-12/h2,4-5,8-10H,3,6-7H2,1H3,(H,19,20). The van der Waals surface area contributed by atoms with Gasteiger partial charge >= 0.3 is 0 Å². The van der Waals surface area contributed by atoms with Gasteiger partial charge in [0.15, 0.2) is 11.5 Å². The summed E-state index contributed by atoms with van der Waals surface area (Å²) < 4.78 is 16.5. The summed E-state index contributed by atoms with van der Waals surface area (Å²) in [6.07, 6.45) is 0.793. The molecule has 2 aromatic rings. The first-order valence-corrected chi connectivity index (χ1v) is 7.60. The molecule has 1 aliphatic rings. The molecule has 2 aromatic carbocycles. The number of halogens is 1. The molecule has 0 spiro atoms. The SMILES string of the molecule is COc1cc2c(cc1C(=O)Nc1cccc(Cl)c1)OCCCO2. The molecule has 6 heteroatoms. The molecule has 1 aliphatic heterocycles. The van der Waals surface area contributed by atoms with Crippen molar-refractivity contribution in [1.29, 1.82) is 0 Å². The van der Waals surface area contributed by atoms with Crippen molar-refractivity contribution >= 4 is 23.2 Å². The minimum Gasteiger partial charge on any atom is -0.496 e. The van der Waals surface area contributed by atoms with Crippen molar-refractivity contribution in [3.63, 3.8) is 0 Å². The van der Waals surface area contributed by atoms with Crippen LogP contribution in [0.2, 0.25) is 5.02 Å².